The lowest BCUT2D eigenvalue weighted by Gasteiger charge is -2.41. The second kappa shape index (κ2) is 3.48. The van der Waals surface area contributed by atoms with Crippen molar-refractivity contribution in [3.8, 4) is 0 Å². The minimum atomic E-state index is -0.0456. The first-order valence-electron chi connectivity index (χ1n) is 4.78. The summed E-state index contributed by atoms with van der Waals surface area (Å²) in [7, 11) is 1.82. The van der Waals surface area contributed by atoms with Crippen LogP contribution in [0.2, 0.25) is 0 Å². The third-order valence-corrected chi connectivity index (χ3v) is 2.76. The molecule has 0 spiro atoms. The molecule has 1 aliphatic rings. The van der Waals surface area contributed by atoms with Crippen LogP contribution in [0.4, 0.5) is 0 Å². The molecule has 0 radical (unpaired) electrons. The van der Waals surface area contributed by atoms with Crippen LogP contribution >= 0.6 is 0 Å². The number of hydroxylamine groups is 1. The quantitative estimate of drug-likeness (QED) is 0.715. The first kappa shape index (κ1) is 8.73. The summed E-state index contributed by atoms with van der Waals surface area (Å²) < 4.78 is 0. The van der Waals surface area contributed by atoms with Crippen LogP contribution in [-0.4, -0.2) is 7.05 Å². The van der Waals surface area contributed by atoms with E-state index in [1.807, 2.05) is 13.1 Å². The smallest absolute Gasteiger partial charge is 0.114 e. The molecule has 1 N–H and O–H groups in total. The van der Waals surface area contributed by atoms with Crippen LogP contribution < -0.4 is 5.48 Å². The van der Waals surface area contributed by atoms with Crippen molar-refractivity contribution in [3.63, 3.8) is 0 Å². The first-order chi connectivity index (χ1) is 6.37. The molecule has 0 unspecified atom stereocenters. The third-order valence-electron chi connectivity index (χ3n) is 2.76. The normalized spacial score (nSPS) is 19.5. The molecule has 1 aromatic carbocycles. The minimum absolute atomic E-state index is 0.0456. The zero-order valence-electron chi connectivity index (χ0n) is 7.92. The van der Waals surface area contributed by atoms with Gasteiger partial charge in [-0.2, -0.15) is 0 Å². The lowest BCUT2D eigenvalue weighted by Crippen LogP contribution is -2.40. The summed E-state index contributed by atoms with van der Waals surface area (Å²) in [6.45, 7) is 0. The van der Waals surface area contributed by atoms with Crippen LogP contribution in [-0.2, 0) is 10.4 Å². The maximum atomic E-state index is 5.60. The Labute approximate surface area is 78.9 Å². The first-order valence-corrected chi connectivity index (χ1v) is 4.78. The van der Waals surface area contributed by atoms with E-state index in [1.54, 1.807) is 0 Å². The van der Waals surface area contributed by atoms with Gasteiger partial charge in [0.15, 0.2) is 0 Å². The van der Waals surface area contributed by atoms with E-state index in [-0.39, 0.29) is 5.60 Å². The molecule has 2 heteroatoms. The van der Waals surface area contributed by atoms with Crippen LogP contribution in [0.3, 0.4) is 0 Å². The number of rotatable bonds is 3. The monoisotopic (exact) mass is 177 g/mol. The molecule has 0 saturated heterocycles. The molecule has 70 valence electrons. The Morgan fingerprint density at radius 3 is 2.38 bits per heavy atom. The molecule has 1 aromatic rings. The van der Waals surface area contributed by atoms with Gasteiger partial charge in [0.1, 0.15) is 5.60 Å². The molecule has 0 atom stereocenters. The second-order valence-electron chi connectivity index (χ2n) is 3.52. The Bertz CT molecular complexity index is 267. The Kier molecular flexibility index (Phi) is 2.34. The zero-order valence-corrected chi connectivity index (χ0v) is 7.92. The minimum Gasteiger partial charge on any atom is -0.291 e. The van der Waals surface area contributed by atoms with Crippen LogP contribution in [0.25, 0.3) is 0 Å². The van der Waals surface area contributed by atoms with Gasteiger partial charge in [0.2, 0.25) is 0 Å². The average molecular weight is 177 g/mol. The summed E-state index contributed by atoms with van der Waals surface area (Å²) in [5.74, 6) is 0. The molecule has 0 amide bonds. The fourth-order valence-electron chi connectivity index (χ4n) is 1.88. The van der Waals surface area contributed by atoms with Gasteiger partial charge < -0.3 is 0 Å². The number of benzene rings is 1. The largest absolute Gasteiger partial charge is 0.291 e. The number of hydrogen-bond donors (Lipinski definition) is 1. The Hall–Kier alpha value is -0.860. The highest BCUT2D eigenvalue weighted by Crippen LogP contribution is 2.43. The summed E-state index contributed by atoms with van der Waals surface area (Å²) in [4.78, 5) is 5.60. The predicted octanol–water partition coefficient (Wildman–Crippen LogP) is 2.22. The van der Waals surface area contributed by atoms with Gasteiger partial charge in [-0.05, 0) is 24.8 Å². The van der Waals surface area contributed by atoms with Gasteiger partial charge in [-0.25, -0.2) is 5.48 Å². The van der Waals surface area contributed by atoms with Gasteiger partial charge in [0.05, 0.1) is 0 Å². The summed E-state index contributed by atoms with van der Waals surface area (Å²) >= 11 is 0. The van der Waals surface area contributed by atoms with E-state index >= 15 is 0 Å². The molecule has 1 aliphatic carbocycles. The fraction of sp³-hybridized carbons (Fsp3) is 0.455. The Morgan fingerprint density at radius 1 is 1.23 bits per heavy atom. The average Bonchev–Trinajstić information content (AvgIpc) is 2.13. The number of hydrogen-bond acceptors (Lipinski definition) is 2. The van der Waals surface area contributed by atoms with E-state index in [2.05, 4.69) is 29.7 Å². The molecule has 1 fully saturated rings. The molecule has 2 nitrogen and oxygen atoms in total. The molecule has 2 rings (SSSR count). The van der Waals surface area contributed by atoms with E-state index in [9.17, 15) is 0 Å². The fourth-order valence-corrected chi connectivity index (χ4v) is 1.88. The maximum absolute atomic E-state index is 5.60. The van der Waals surface area contributed by atoms with Crippen molar-refractivity contribution in [1.82, 2.24) is 5.48 Å². The zero-order chi connectivity index (χ0) is 9.15. The molecule has 13 heavy (non-hydrogen) atoms. The Morgan fingerprint density at radius 2 is 1.92 bits per heavy atom. The lowest BCUT2D eigenvalue weighted by molar-refractivity contribution is -0.150. The van der Waals surface area contributed by atoms with E-state index in [0.717, 1.165) is 12.8 Å². The van der Waals surface area contributed by atoms with E-state index < -0.39 is 0 Å². The van der Waals surface area contributed by atoms with Crippen LogP contribution in [0.1, 0.15) is 24.8 Å². The van der Waals surface area contributed by atoms with Crippen molar-refractivity contribution >= 4 is 0 Å². The van der Waals surface area contributed by atoms with Gasteiger partial charge >= 0.3 is 0 Å². The summed E-state index contributed by atoms with van der Waals surface area (Å²) in [6.07, 6.45) is 3.51. The highest BCUT2D eigenvalue weighted by atomic mass is 16.7. The molecule has 1 saturated carbocycles. The summed E-state index contributed by atoms with van der Waals surface area (Å²) in [5, 5.41) is 0. The Balaban J connectivity index is 2.22. The molecule has 0 bridgehead atoms. The van der Waals surface area contributed by atoms with Gasteiger partial charge in [-0.15, -0.1) is 0 Å². The van der Waals surface area contributed by atoms with Crippen molar-refractivity contribution in [2.24, 2.45) is 0 Å². The SMILES string of the molecule is CNOC1(c2ccccc2)CCC1. The topological polar surface area (TPSA) is 21.3 Å². The van der Waals surface area contributed by atoms with Crippen molar-refractivity contribution in [1.29, 1.82) is 0 Å². The van der Waals surface area contributed by atoms with Crippen LogP contribution in [0, 0.1) is 0 Å². The van der Waals surface area contributed by atoms with E-state index in [1.165, 1.54) is 12.0 Å². The molecular weight excluding hydrogens is 162 g/mol. The van der Waals surface area contributed by atoms with Gasteiger partial charge in [0, 0.05) is 7.05 Å². The summed E-state index contributed by atoms with van der Waals surface area (Å²) in [5.41, 5.74) is 4.05. The highest BCUT2D eigenvalue weighted by molar-refractivity contribution is 5.24. The van der Waals surface area contributed by atoms with Crippen LogP contribution in [0.15, 0.2) is 30.3 Å². The molecule has 0 heterocycles. The van der Waals surface area contributed by atoms with Gasteiger partial charge in [-0.1, -0.05) is 30.3 Å². The second-order valence-corrected chi connectivity index (χ2v) is 3.52. The maximum Gasteiger partial charge on any atom is 0.114 e. The van der Waals surface area contributed by atoms with E-state index in [0.29, 0.717) is 0 Å². The van der Waals surface area contributed by atoms with Crippen LogP contribution in [0.5, 0.6) is 0 Å². The van der Waals surface area contributed by atoms with Crippen molar-refractivity contribution < 1.29 is 4.84 Å². The van der Waals surface area contributed by atoms with Gasteiger partial charge in [-0.3, -0.25) is 4.84 Å². The highest BCUT2D eigenvalue weighted by Gasteiger charge is 2.40. The predicted molar refractivity (Wildman–Crippen MR) is 52.1 cm³/mol. The molecule has 0 aromatic heterocycles. The van der Waals surface area contributed by atoms with Crippen molar-refractivity contribution in [2.45, 2.75) is 24.9 Å². The standard InChI is InChI=1S/C11H15NO/c1-12-13-11(8-5-9-11)10-6-3-2-4-7-10/h2-4,6-7,12H,5,8-9H2,1H3. The molecular formula is C11H15NO. The third kappa shape index (κ3) is 1.47. The number of nitrogens with one attached hydrogen (secondary N) is 1. The van der Waals surface area contributed by atoms with Crippen molar-refractivity contribution in [2.75, 3.05) is 7.05 Å². The van der Waals surface area contributed by atoms with Crippen molar-refractivity contribution in [3.05, 3.63) is 35.9 Å². The van der Waals surface area contributed by atoms with E-state index in [4.69, 9.17) is 4.84 Å². The lowest BCUT2D eigenvalue weighted by atomic mass is 9.75. The van der Waals surface area contributed by atoms with Gasteiger partial charge in [0.25, 0.3) is 0 Å². The summed E-state index contributed by atoms with van der Waals surface area (Å²) in [6, 6.07) is 10.4. The molecule has 0 aliphatic heterocycles.